The van der Waals surface area contributed by atoms with Gasteiger partial charge < -0.3 is 15.2 Å². The summed E-state index contributed by atoms with van der Waals surface area (Å²) >= 11 is 0. The summed E-state index contributed by atoms with van der Waals surface area (Å²) in [6.07, 6.45) is -0.453. The third-order valence-electron chi connectivity index (χ3n) is 2.45. The van der Waals surface area contributed by atoms with Crippen molar-refractivity contribution in [2.45, 2.75) is 24.4 Å². The molecule has 0 aromatic rings. The van der Waals surface area contributed by atoms with Crippen molar-refractivity contribution in [2.75, 3.05) is 19.4 Å². The van der Waals surface area contributed by atoms with Gasteiger partial charge in [-0.05, 0) is 0 Å². The molecule has 4 atom stereocenters. The zero-order chi connectivity index (χ0) is 10.3. The molecule has 2 saturated heterocycles. The molecule has 82 valence electrons. The molecular weight excluding hydrogens is 210 g/mol. The molecule has 0 aromatic heterocycles. The van der Waals surface area contributed by atoms with E-state index >= 15 is 0 Å². The molecule has 2 heterocycles. The van der Waals surface area contributed by atoms with Crippen LogP contribution in [0, 0.1) is 0 Å². The van der Waals surface area contributed by atoms with E-state index in [-0.39, 0.29) is 18.8 Å². The monoisotopic (exact) mass is 223 g/mol. The number of aliphatic hydroxyl groups is 1. The molecule has 2 aliphatic rings. The maximum absolute atomic E-state index is 10.9. The number of ether oxygens (including phenoxy) is 1. The normalized spacial score (nSPS) is 42.7. The summed E-state index contributed by atoms with van der Waals surface area (Å²) in [5.74, 6) is 0. The highest BCUT2D eigenvalue weighted by Gasteiger charge is 2.47. The number of hydrogen-bond acceptors (Lipinski definition) is 6. The summed E-state index contributed by atoms with van der Waals surface area (Å²) in [6.45, 7) is 0.616. The summed E-state index contributed by atoms with van der Waals surface area (Å²) in [5.41, 5.74) is 0. The molecule has 14 heavy (non-hydrogen) atoms. The van der Waals surface area contributed by atoms with Gasteiger partial charge in [0.05, 0.1) is 25.0 Å². The minimum atomic E-state index is -3.47. The Morgan fingerprint density at radius 1 is 1.57 bits per heavy atom. The highest BCUT2D eigenvalue weighted by atomic mass is 32.2. The second-order valence-electron chi connectivity index (χ2n) is 3.64. The molecule has 0 amide bonds. The first kappa shape index (κ1) is 10.3. The lowest BCUT2D eigenvalue weighted by molar-refractivity contribution is 0.0282. The average Bonchev–Trinajstić information content (AvgIpc) is 2.55. The Kier molecular flexibility index (Phi) is 2.52. The Morgan fingerprint density at radius 3 is 2.93 bits per heavy atom. The van der Waals surface area contributed by atoms with Gasteiger partial charge in [0.2, 0.25) is 0 Å². The van der Waals surface area contributed by atoms with Crippen LogP contribution < -0.4 is 5.32 Å². The first-order valence-electron chi connectivity index (χ1n) is 4.39. The zero-order valence-corrected chi connectivity index (χ0v) is 8.53. The lowest BCUT2D eigenvalue weighted by Crippen LogP contribution is -2.37. The fraction of sp³-hybridized carbons (Fsp3) is 1.00. The number of fused-ring (bicyclic) bond motifs is 1. The largest absolute Gasteiger partial charge is 0.389 e. The van der Waals surface area contributed by atoms with Gasteiger partial charge in [0.25, 0.3) is 10.1 Å². The van der Waals surface area contributed by atoms with Crippen molar-refractivity contribution in [3.05, 3.63) is 0 Å². The van der Waals surface area contributed by atoms with E-state index in [9.17, 15) is 13.5 Å². The van der Waals surface area contributed by atoms with E-state index in [1.54, 1.807) is 0 Å². The predicted octanol–water partition coefficient (Wildman–Crippen LogP) is -1.94. The minimum Gasteiger partial charge on any atom is -0.389 e. The Balaban J connectivity index is 2.04. The molecule has 0 saturated carbocycles. The lowest BCUT2D eigenvalue weighted by Gasteiger charge is -2.15. The molecule has 0 radical (unpaired) electrons. The molecule has 2 aliphatic heterocycles. The van der Waals surface area contributed by atoms with Crippen LogP contribution in [0.1, 0.15) is 0 Å². The maximum atomic E-state index is 10.9. The van der Waals surface area contributed by atoms with Gasteiger partial charge >= 0.3 is 0 Å². The second-order valence-corrected chi connectivity index (χ2v) is 5.24. The summed E-state index contributed by atoms with van der Waals surface area (Å²) < 4.78 is 31.9. The lowest BCUT2D eigenvalue weighted by atomic mass is 10.1. The van der Waals surface area contributed by atoms with Gasteiger partial charge in [-0.25, -0.2) is 0 Å². The summed E-state index contributed by atoms with van der Waals surface area (Å²) in [7, 11) is -3.47. The second kappa shape index (κ2) is 3.42. The fourth-order valence-electron chi connectivity index (χ4n) is 1.91. The number of hydrogen-bond donors (Lipinski definition) is 2. The highest BCUT2D eigenvalue weighted by molar-refractivity contribution is 7.86. The Morgan fingerprint density at radius 2 is 2.29 bits per heavy atom. The Hall–Kier alpha value is -0.210. The number of nitrogens with one attached hydrogen (secondary N) is 1. The van der Waals surface area contributed by atoms with E-state index in [4.69, 9.17) is 8.92 Å². The molecule has 0 aliphatic carbocycles. The van der Waals surface area contributed by atoms with Crippen LogP contribution in [0.2, 0.25) is 0 Å². The van der Waals surface area contributed by atoms with Crippen LogP contribution in [0.25, 0.3) is 0 Å². The quantitative estimate of drug-likeness (QED) is 0.530. The van der Waals surface area contributed by atoms with E-state index in [0.717, 1.165) is 6.26 Å². The van der Waals surface area contributed by atoms with Gasteiger partial charge in [-0.3, -0.25) is 4.18 Å². The zero-order valence-electron chi connectivity index (χ0n) is 7.71. The predicted molar refractivity (Wildman–Crippen MR) is 47.3 cm³/mol. The van der Waals surface area contributed by atoms with Crippen molar-refractivity contribution < 1.29 is 22.4 Å². The molecule has 0 unspecified atom stereocenters. The number of rotatable bonds is 2. The van der Waals surface area contributed by atoms with E-state index in [1.807, 2.05) is 0 Å². The van der Waals surface area contributed by atoms with Crippen LogP contribution in [0.4, 0.5) is 0 Å². The van der Waals surface area contributed by atoms with Gasteiger partial charge in [-0.2, -0.15) is 8.42 Å². The van der Waals surface area contributed by atoms with Crippen LogP contribution in [-0.2, 0) is 19.0 Å². The first-order chi connectivity index (χ1) is 6.47. The first-order valence-corrected chi connectivity index (χ1v) is 6.20. The van der Waals surface area contributed by atoms with Crippen molar-refractivity contribution in [3.63, 3.8) is 0 Å². The van der Waals surface area contributed by atoms with Crippen LogP contribution in [-0.4, -0.2) is 57.3 Å². The summed E-state index contributed by atoms with van der Waals surface area (Å²) in [4.78, 5) is 0. The van der Waals surface area contributed by atoms with Gasteiger partial charge in [-0.1, -0.05) is 0 Å². The van der Waals surface area contributed by atoms with E-state index in [2.05, 4.69) is 5.32 Å². The average molecular weight is 223 g/mol. The molecule has 2 fully saturated rings. The molecule has 7 heteroatoms. The van der Waals surface area contributed by atoms with E-state index in [0.29, 0.717) is 6.54 Å². The summed E-state index contributed by atoms with van der Waals surface area (Å²) in [5, 5.41) is 12.4. The fourth-order valence-corrected chi connectivity index (χ4v) is 2.54. The van der Waals surface area contributed by atoms with Crippen LogP contribution in [0.3, 0.4) is 0 Å². The van der Waals surface area contributed by atoms with Crippen LogP contribution >= 0.6 is 0 Å². The maximum Gasteiger partial charge on any atom is 0.264 e. The highest BCUT2D eigenvalue weighted by Crippen LogP contribution is 2.25. The van der Waals surface area contributed by atoms with Crippen molar-refractivity contribution in [3.8, 4) is 0 Å². The van der Waals surface area contributed by atoms with Crippen LogP contribution in [0.5, 0.6) is 0 Å². The van der Waals surface area contributed by atoms with Crippen molar-refractivity contribution >= 4 is 10.1 Å². The van der Waals surface area contributed by atoms with Crippen molar-refractivity contribution in [1.82, 2.24) is 5.32 Å². The van der Waals surface area contributed by atoms with Crippen molar-refractivity contribution in [1.29, 1.82) is 0 Å². The Labute approximate surface area is 82.3 Å². The third-order valence-corrected chi connectivity index (χ3v) is 3.04. The van der Waals surface area contributed by atoms with Crippen molar-refractivity contribution in [2.24, 2.45) is 0 Å². The number of aliphatic hydroxyl groups excluding tert-OH is 1. The van der Waals surface area contributed by atoms with Crippen LogP contribution in [0.15, 0.2) is 0 Å². The Bertz CT molecular complexity index is 316. The smallest absolute Gasteiger partial charge is 0.264 e. The minimum absolute atomic E-state index is 0.207. The summed E-state index contributed by atoms with van der Waals surface area (Å²) in [6, 6.07) is -0.207. The molecule has 2 N–H and O–H groups in total. The topological polar surface area (TPSA) is 84.9 Å². The van der Waals surface area contributed by atoms with Gasteiger partial charge in [0.15, 0.2) is 0 Å². The van der Waals surface area contributed by atoms with Gasteiger partial charge in [0.1, 0.15) is 12.2 Å². The van der Waals surface area contributed by atoms with E-state index < -0.39 is 22.3 Å². The molecule has 2 rings (SSSR count). The molecule has 0 bridgehead atoms. The molecular formula is C7H13NO5S. The molecule has 0 aromatic carbocycles. The van der Waals surface area contributed by atoms with E-state index in [1.165, 1.54) is 0 Å². The SMILES string of the molecule is CS(=O)(=O)O[C@H]1CN[C@H]2[C@H]1OC[C@@H]2O. The molecule has 0 spiro atoms. The van der Waals surface area contributed by atoms with Gasteiger partial charge in [-0.15, -0.1) is 0 Å². The third kappa shape index (κ3) is 1.91. The standard InChI is InChI=1S/C7H13NO5S/c1-14(10,11)13-5-2-8-6-4(9)3-12-7(5)6/h4-9H,2-3H2,1H3/t4-,5-,6+,7-/m0/s1. The van der Waals surface area contributed by atoms with Gasteiger partial charge in [0, 0.05) is 6.54 Å². The molecule has 6 nitrogen and oxygen atoms in total.